The van der Waals surface area contributed by atoms with E-state index in [1.807, 2.05) is 43.3 Å². The van der Waals surface area contributed by atoms with Gasteiger partial charge in [0.2, 0.25) is 0 Å². The molecule has 0 spiro atoms. The molecule has 1 aromatic heterocycles. The number of esters is 1. The highest BCUT2D eigenvalue weighted by molar-refractivity contribution is 7.21. The van der Waals surface area contributed by atoms with E-state index in [0.717, 1.165) is 15.6 Å². The predicted octanol–water partition coefficient (Wildman–Crippen LogP) is 5.61. The summed E-state index contributed by atoms with van der Waals surface area (Å²) in [5, 5.41) is 5.12. The molecule has 166 valence electrons. The predicted molar refractivity (Wildman–Crippen MR) is 131 cm³/mol. The number of hydrogen-bond acceptors (Lipinski definition) is 6. The average Bonchev–Trinajstić information content (AvgIpc) is 3.16. The lowest BCUT2D eigenvalue weighted by Crippen LogP contribution is -2.24. The van der Waals surface area contributed by atoms with E-state index in [2.05, 4.69) is 10.5 Å². The van der Waals surface area contributed by atoms with Crippen molar-refractivity contribution in [3.63, 3.8) is 0 Å². The van der Waals surface area contributed by atoms with Crippen LogP contribution in [0.15, 0.2) is 77.9 Å². The largest absolute Gasteiger partial charge is 0.484 e. The van der Waals surface area contributed by atoms with Crippen LogP contribution in [-0.2, 0) is 4.79 Å². The molecule has 0 aliphatic rings. The standard InChI is InChI=1S/C25H19ClN2O4S/c1-16-10-12-18(13-11-16)31-15-22(29)28-27-14-17-6-2-4-8-20(17)32-25(30)24-23(26)19-7-3-5-9-21(19)33-24/h2-14H,15H2,1H3,(H,28,29)/b27-14+. The molecule has 0 bridgehead atoms. The summed E-state index contributed by atoms with van der Waals surface area (Å²) in [5.74, 6) is -0.0854. The van der Waals surface area contributed by atoms with Gasteiger partial charge in [-0.05, 0) is 37.3 Å². The molecule has 8 heteroatoms. The summed E-state index contributed by atoms with van der Waals surface area (Å²) < 4.78 is 11.9. The molecule has 0 unspecified atom stereocenters. The van der Waals surface area contributed by atoms with Gasteiger partial charge >= 0.3 is 5.97 Å². The number of para-hydroxylation sites is 1. The quantitative estimate of drug-likeness (QED) is 0.162. The Hall–Kier alpha value is -3.68. The van der Waals surface area contributed by atoms with Crippen LogP contribution in [0.25, 0.3) is 10.1 Å². The Labute approximate surface area is 199 Å². The number of amides is 1. The number of fused-ring (bicyclic) bond motifs is 1. The highest BCUT2D eigenvalue weighted by atomic mass is 35.5. The number of hydrazone groups is 1. The van der Waals surface area contributed by atoms with E-state index in [1.165, 1.54) is 17.6 Å². The first-order chi connectivity index (χ1) is 16.0. The molecule has 1 N–H and O–H groups in total. The summed E-state index contributed by atoms with van der Waals surface area (Å²) in [6.45, 7) is 1.79. The molecular weight excluding hydrogens is 460 g/mol. The fraction of sp³-hybridized carbons (Fsp3) is 0.0800. The maximum absolute atomic E-state index is 12.8. The zero-order valence-corrected chi connectivity index (χ0v) is 19.2. The SMILES string of the molecule is Cc1ccc(OCC(=O)N/N=C/c2ccccc2OC(=O)c2sc3ccccc3c2Cl)cc1. The average molecular weight is 479 g/mol. The number of ether oxygens (including phenoxy) is 2. The van der Waals surface area contributed by atoms with Crippen molar-refractivity contribution in [1.29, 1.82) is 0 Å². The number of benzene rings is 3. The van der Waals surface area contributed by atoms with Crippen molar-refractivity contribution in [2.75, 3.05) is 6.61 Å². The lowest BCUT2D eigenvalue weighted by atomic mass is 10.2. The molecule has 0 atom stereocenters. The lowest BCUT2D eigenvalue weighted by molar-refractivity contribution is -0.123. The van der Waals surface area contributed by atoms with E-state index in [0.29, 0.717) is 27.0 Å². The Balaban J connectivity index is 1.39. The van der Waals surface area contributed by atoms with Gasteiger partial charge in [0.15, 0.2) is 6.61 Å². The molecule has 0 aliphatic carbocycles. The third-order valence-corrected chi connectivity index (χ3v) is 6.28. The monoisotopic (exact) mass is 478 g/mol. The van der Waals surface area contributed by atoms with Crippen LogP contribution in [0.1, 0.15) is 20.8 Å². The molecule has 0 radical (unpaired) electrons. The number of nitrogens with zero attached hydrogens (tertiary/aromatic N) is 1. The molecular formula is C25H19ClN2O4S. The molecule has 4 aromatic rings. The Morgan fingerprint density at radius 3 is 2.55 bits per heavy atom. The van der Waals surface area contributed by atoms with E-state index in [1.54, 1.807) is 36.4 Å². The number of hydrogen-bond donors (Lipinski definition) is 1. The third kappa shape index (κ3) is 5.58. The molecule has 33 heavy (non-hydrogen) atoms. The second-order valence-electron chi connectivity index (χ2n) is 7.06. The second kappa shape index (κ2) is 10.3. The summed E-state index contributed by atoms with van der Waals surface area (Å²) in [4.78, 5) is 25.1. The van der Waals surface area contributed by atoms with Gasteiger partial charge in [-0.25, -0.2) is 10.2 Å². The van der Waals surface area contributed by atoms with Crippen molar-refractivity contribution >= 4 is 51.1 Å². The molecule has 0 saturated carbocycles. The van der Waals surface area contributed by atoms with E-state index >= 15 is 0 Å². The highest BCUT2D eigenvalue weighted by Crippen LogP contribution is 2.36. The van der Waals surface area contributed by atoms with Crippen molar-refractivity contribution in [3.05, 3.63) is 93.8 Å². The maximum Gasteiger partial charge on any atom is 0.355 e. The molecule has 4 rings (SSSR count). The number of carbonyl (C=O) groups excluding carboxylic acids is 2. The zero-order valence-electron chi connectivity index (χ0n) is 17.6. The van der Waals surface area contributed by atoms with Crippen LogP contribution in [-0.4, -0.2) is 24.7 Å². The van der Waals surface area contributed by atoms with Gasteiger partial charge in [-0.3, -0.25) is 4.79 Å². The first-order valence-corrected chi connectivity index (χ1v) is 11.2. The number of halogens is 1. The van der Waals surface area contributed by atoms with Gasteiger partial charge in [0.05, 0.1) is 11.2 Å². The Morgan fingerprint density at radius 2 is 1.76 bits per heavy atom. The molecule has 0 aliphatic heterocycles. The van der Waals surface area contributed by atoms with E-state index in [9.17, 15) is 9.59 Å². The van der Waals surface area contributed by atoms with Crippen LogP contribution in [0, 0.1) is 6.92 Å². The fourth-order valence-corrected chi connectivity index (χ4v) is 4.35. The van der Waals surface area contributed by atoms with Crippen molar-refractivity contribution in [3.8, 4) is 11.5 Å². The number of nitrogens with one attached hydrogen (secondary N) is 1. The minimum Gasteiger partial charge on any atom is -0.484 e. The van der Waals surface area contributed by atoms with Crippen molar-refractivity contribution in [1.82, 2.24) is 5.43 Å². The van der Waals surface area contributed by atoms with Gasteiger partial charge < -0.3 is 9.47 Å². The molecule has 1 heterocycles. The number of rotatable bonds is 7. The van der Waals surface area contributed by atoms with Crippen LogP contribution in [0.4, 0.5) is 0 Å². The van der Waals surface area contributed by atoms with Gasteiger partial charge in [-0.2, -0.15) is 5.10 Å². The minimum absolute atomic E-state index is 0.179. The molecule has 6 nitrogen and oxygen atoms in total. The van der Waals surface area contributed by atoms with Gasteiger partial charge in [0.25, 0.3) is 5.91 Å². The number of thiophene rings is 1. The maximum atomic E-state index is 12.8. The Kier molecular flexibility index (Phi) is 7.02. The normalized spacial score (nSPS) is 11.0. The van der Waals surface area contributed by atoms with Crippen molar-refractivity contribution in [2.45, 2.75) is 6.92 Å². The van der Waals surface area contributed by atoms with Gasteiger partial charge in [0, 0.05) is 15.6 Å². The molecule has 1 amide bonds. The van der Waals surface area contributed by atoms with Crippen LogP contribution in [0.3, 0.4) is 0 Å². The first-order valence-electron chi connectivity index (χ1n) is 10.0. The van der Waals surface area contributed by atoms with Gasteiger partial charge in [0.1, 0.15) is 16.4 Å². The van der Waals surface area contributed by atoms with E-state index < -0.39 is 11.9 Å². The lowest BCUT2D eigenvalue weighted by Gasteiger charge is -2.07. The van der Waals surface area contributed by atoms with Crippen molar-refractivity contribution in [2.24, 2.45) is 5.10 Å². The number of aryl methyl sites for hydroxylation is 1. The minimum atomic E-state index is -0.558. The van der Waals surface area contributed by atoms with Crippen LogP contribution in [0.2, 0.25) is 5.02 Å². The Bertz CT molecular complexity index is 1330. The van der Waals surface area contributed by atoms with Crippen LogP contribution >= 0.6 is 22.9 Å². The number of carbonyl (C=O) groups is 2. The molecule has 0 fully saturated rings. The molecule has 0 saturated heterocycles. The van der Waals surface area contributed by atoms with Gasteiger partial charge in [-0.1, -0.05) is 59.6 Å². The van der Waals surface area contributed by atoms with Crippen LogP contribution in [0.5, 0.6) is 11.5 Å². The van der Waals surface area contributed by atoms with E-state index in [-0.39, 0.29) is 6.61 Å². The van der Waals surface area contributed by atoms with Crippen LogP contribution < -0.4 is 14.9 Å². The Morgan fingerprint density at radius 1 is 1.03 bits per heavy atom. The summed E-state index contributed by atoms with van der Waals surface area (Å²) in [6.07, 6.45) is 1.40. The summed E-state index contributed by atoms with van der Waals surface area (Å²) in [6, 6.07) is 21.7. The summed E-state index contributed by atoms with van der Waals surface area (Å²) in [7, 11) is 0. The summed E-state index contributed by atoms with van der Waals surface area (Å²) >= 11 is 7.65. The zero-order chi connectivity index (χ0) is 23.2. The first kappa shape index (κ1) is 22.5. The van der Waals surface area contributed by atoms with Crippen molar-refractivity contribution < 1.29 is 19.1 Å². The molecule has 3 aromatic carbocycles. The van der Waals surface area contributed by atoms with E-state index in [4.69, 9.17) is 21.1 Å². The van der Waals surface area contributed by atoms with Gasteiger partial charge in [-0.15, -0.1) is 11.3 Å². The smallest absolute Gasteiger partial charge is 0.355 e. The highest BCUT2D eigenvalue weighted by Gasteiger charge is 2.19. The fourth-order valence-electron chi connectivity index (χ4n) is 2.96. The topological polar surface area (TPSA) is 77.0 Å². The summed E-state index contributed by atoms with van der Waals surface area (Å²) in [5.41, 5.74) is 4.02. The third-order valence-electron chi connectivity index (χ3n) is 4.63. The second-order valence-corrected chi connectivity index (χ2v) is 8.49.